The van der Waals surface area contributed by atoms with Gasteiger partial charge in [-0.1, -0.05) is 47.7 Å². The second-order valence-electron chi connectivity index (χ2n) is 12.0. The van der Waals surface area contributed by atoms with E-state index in [9.17, 15) is 14.7 Å². The summed E-state index contributed by atoms with van der Waals surface area (Å²) in [5, 5.41) is 17.7. The highest BCUT2D eigenvalue weighted by Crippen LogP contribution is 2.60. The molecule has 3 atom stereocenters. The third kappa shape index (κ3) is 5.72. The minimum Gasteiger partial charge on any atom is -0.462 e. The zero-order valence-corrected chi connectivity index (χ0v) is 24.1. The molecule has 0 aliphatic heterocycles. The maximum Gasteiger partial charge on any atom is 0.409 e. The Hall–Kier alpha value is -2.39. The standard InChI is InChI=1S/C26H43N3O5Si/c1-12-33-21(30)20-16-29-18(13-14-27-29)15-19(20)17(2)26(9,35(10,11)25(6,7)8)22(31)28-23(32)34-24(3,4)5/h13-17,22,31H,12H2,1-11H3,(H,28,32). The Kier molecular flexibility index (Phi) is 8.18. The molecular weight excluding hydrogens is 462 g/mol. The van der Waals surface area contributed by atoms with E-state index in [-0.39, 0.29) is 17.6 Å². The predicted molar refractivity (Wildman–Crippen MR) is 141 cm³/mol. The summed E-state index contributed by atoms with van der Waals surface area (Å²) in [6, 6.07) is 3.79. The van der Waals surface area contributed by atoms with Crippen molar-refractivity contribution < 1.29 is 24.2 Å². The Morgan fingerprint density at radius 1 is 1.17 bits per heavy atom. The lowest BCUT2D eigenvalue weighted by Crippen LogP contribution is -2.60. The van der Waals surface area contributed by atoms with Crippen LogP contribution in [0.4, 0.5) is 4.79 Å². The van der Waals surface area contributed by atoms with Crippen molar-refractivity contribution in [3.63, 3.8) is 0 Å². The molecule has 0 saturated carbocycles. The van der Waals surface area contributed by atoms with Gasteiger partial charge in [0.15, 0.2) is 0 Å². The molecule has 0 fully saturated rings. The van der Waals surface area contributed by atoms with E-state index >= 15 is 0 Å². The number of pyridine rings is 1. The first-order valence-electron chi connectivity index (χ1n) is 12.2. The van der Waals surface area contributed by atoms with Crippen LogP contribution in [0.3, 0.4) is 0 Å². The van der Waals surface area contributed by atoms with Crippen LogP contribution in [0.25, 0.3) is 5.52 Å². The van der Waals surface area contributed by atoms with Crippen LogP contribution in [0.15, 0.2) is 24.5 Å². The molecule has 196 valence electrons. The molecule has 3 unspecified atom stereocenters. The minimum atomic E-state index is -2.42. The van der Waals surface area contributed by atoms with Crippen LogP contribution in [0.5, 0.6) is 0 Å². The molecule has 0 aromatic carbocycles. The Bertz CT molecular complexity index is 1070. The monoisotopic (exact) mass is 505 g/mol. The highest BCUT2D eigenvalue weighted by atomic mass is 28.3. The van der Waals surface area contributed by atoms with Crippen molar-refractivity contribution >= 4 is 25.7 Å². The number of alkyl carbamates (subject to hydrolysis) is 1. The molecule has 9 heteroatoms. The molecule has 0 saturated heterocycles. The molecule has 0 radical (unpaired) electrons. The molecule has 2 rings (SSSR count). The molecule has 1 amide bonds. The number of hydrogen-bond acceptors (Lipinski definition) is 6. The lowest BCUT2D eigenvalue weighted by molar-refractivity contribution is 0.0224. The van der Waals surface area contributed by atoms with E-state index in [1.807, 2.05) is 26.0 Å². The molecule has 35 heavy (non-hydrogen) atoms. The van der Waals surface area contributed by atoms with Crippen LogP contribution in [0, 0.1) is 0 Å². The zero-order valence-electron chi connectivity index (χ0n) is 23.1. The topological polar surface area (TPSA) is 102 Å². The van der Waals surface area contributed by atoms with Crippen molar-refractivity contribution in [3.05, 3.63) is 35.7 Å². The fourth-order valence-electron chi connectivity index (χ4n) is 4.54. The number of hydrogen-bond donors (Lipinski definition) is 2. The molecule has 8 nitrogen and oxygen atoms in total. The van der Waals surface area contributed by atoms with Crippen LogP contribution in [-0.2, 0) is 9.47 Å². The van der Waals surface area contributed by atoms with Crippen molar-refractivity contribution in [1.29, 1.82) is 0 Å². The molecule has 2 N–H and O–H groups in total. The molecule has 2 aromatic rings. The summed E-state index contributed by atoms with van der Waals surface area (Å²) in [5.41, 5.74) is 1.26. The summed E-state index contributed by atoms with van der Waals surface area (Å²) < 4.78 is 12.5. The summed E-state index contributed by atoms with van der Waals surface area (Å²) in [4.78, 5) is 25.7. The molecular formula is C26H43N3O5Si. The van der Waals surface area contributed by atoms with Crippen molar-refractivity contribution in [3.8, 4) is 0 Å². The van der Waals surface area contributed by atoms with E-state index in [0.717, 1.165) is 11.1 Å². The number of rotatable bonds is 7. The van der Waals surface area contributed by atoms with E-state index in [1.54, 1.807) is 44.6 Å². The largest absolute Gasteiger partial charge is 0.462 e. The number of amides is 1. The van der Waals surface area contributed by atoms with Crippen LogP contribution in [0.1, 0.15) is 84.2 Å². The van der Waals surface area contributed by atoms with E-state index in [4.69, 9.17) is 9.47 Å². The van der Waals surface area contributed by atoms with Crippen LogP contribution in [0.2, 0.25) is 23.2 Å². The summed E-state index contributed by atoms with van der Waals surface area (Å²) >= 11 is 0. The normalized spacial score (nSPS) is 16.3. The minimum absolute atomic E-state index is 0.141. The first kappa shape index (κ1) is 28.8. The van der Waals surface area contributed by atoms with Gasteiger partial charge in [-0.15, -0.1) is 0 Å². The van der Waals surface area contributed by atoms with Crippen molar-refractivity contribution in [1.82, 2.24) is 14.9 Å². The molecule has 0 aliphatic rings. The van der Waals surface area contributed by atoms with Gasteiger partial charge in [0, 0.05) is 17.4 Å². The van der Waals surface area contributed by atoms with E-state index in [2.05, 4.69) is 44.3 Å². The number of esters is 1. The fourth-order valence-corrected chi connectivity index (χ4v) is 8.15. The molecule has 2 aromatic heterocycles. The highest BCUT2D eigenvalue weighted by Gasteiger charge is 2.57. The van der Waals surface area contributed by atoms with Gasteiger partial charge < -0.3 is 14.6 Å². The highest BCUT2D eigenvalue weighted by molar-refractivity contribution is 6.83. The first-order chi connectivity index (χ1) is 15.9. The van der Waals surface area contributed by atoms with Crippen molar-refractivity contribution in [2.45, 2.75) is 103 Å². The predicted octanol–water partition coefficient (Wildman–Crippen LogP) is 5.73. The first-order valence-corrected chi connectivity index (χ1v) is 15.2. The van der Waals surface area contributed by atoms with Crippen LogP contribution < -0.4 is 5.32 Å². The molecule has 2 heterocycles. The van der Waals surface area contributed by atoms with E-state index < -0.39 is 37.0 Å². The lowest BCUT2D eigenvalue weighted by atomic mass is 9.84. The zero-order chi connectivity index (χ0) is 27.0. The lowest BCUT2D eigenvalue weighted by Gasteiger charge is -2.55. The van der Waals surface area contributed by atoms with Gasteiger partial charge in [0.05, 0.1) is 25.8 Å². The van der Waals surface area contributed by atoms with Gasteiger partial charge in [-0.2, -0.15) is 5.10 Å². The average Bonchev–Trinajstić information content (AvgIpc) is 3.16. The number of aliphatic hydroxyl groups excluding tert-OH is 1. The second-order valence-corrected chi connectivity index (χ2v) is 17.8. The average molecular weight is 506 g/mol. The van der Waals surface area contributed by atoms with Gasteiger partial charge in [-0.3, -0.25) is 5.32 Å². The summed E-state index contributed by atoms with van der Waals surface area (Å²) in [6.45, 7) is 22.3. The van der Waals surface area contributed by atoms with Gasteiger partial charge in [0.1, 0.15) is 11.8 Å². The van der Waals surface area contributed by atoms with E-state index in [0.29, 0.717) is 5.56 Å². The summed E-state index contributed by atoms with van der Waals surface area (Å²) in [7, 11) is -2.42. The number of ether oxygens (including phenoxy) is 2. The van der Waals surface area contributed by atoms with Gasteiger partial charge >= 0.3 is 12.1 Å². The van der Waals surface area contributed by atoms with Gasteiger partial charge in [-0.25, -0.2) is 14.1 Å². The molecule has 0 aliphatic carbocycles. The Morgan fingerprint density at radius 3 is 2.29 bits per heavy atom. The number of aliphatic hydroxyl groups is 1. The SMILES string of the molecule is CCOC(=O)c1cn2nccc2cc1C(C)C(C)(C(O)NC(=O)OC(C)(C)C)[Si](C)(C)C(C)(C)C. The summed E-state index contributed by atoms with van der Waals surface area (Å²) in [5.74, 6) is -0.772. The smallest absolute Gasteiger partial charge is 0.409 e. The number of carbonyl (C=O) groups excluding carboxylic acids is 2. The Balaban J connectivity index is 2.71. The number of nitrogens with zero attached hydrogens (tertiary/aromatic N) is 2. The Morgan fingerprint density at radius 2 is 1.77 bits per heavy atom. The maximum absolute atomic E-state index is 13.0. The second kappa shape index (κ2) is 9.93. The number of nitrogens with one attached hydrogen (secondary N) is 1. The quantitative estimate of drug-likeness (QED) is 0.283. The number of fused-ring (bicyclic) bond motifs is 1. The molecule has 0 spiro atoms. The van der Waals surface area contributed by atoms with E-state index in [1.165, 1.54) is 0 Å². The fraction of sp³-hybridized carbons (Fsp3) is 0.654. The Labute approximate surface area is 210 Å². The van der Waals surface area contributed by atoms with Gasteiger partial charge in [0.2, 0.25) is 0 Å². The van der Waals surface area contributed by atoms with Crippen molar-refractivity contribution in [2.75, 3.05) is 6.61 Å². The van der Waals surface area contributed by atoms with Crippen LogP contribution >= 0.6 is 0 Å². The van der Waals surface area contributed by atoms with Crippen molar-refractivity contribution in [2.24, 2.45) is 0 Å². The van der Waals surface area contributed by atoms with Crippen LogP contribution in [-0.4, -0.2) is 53.3 Å². The third-order valence-corrected chi connectivity index (χ3v) is 15.0. The number of carbonyl (C=O) groups is 2. The maximum atomic E-state index is 13.0. The molecule has 0 bridgehead atoms. The third-order valence-electron chi connectivity index (χ3n) is 7.87. The summed E-state index contributed by atoms with van der Waals surface area (Å²) in [6.07, 6.45) is 1.45. The van der Waals surface area contributed by atoms with Gasteiger partial charge in [-0.05, 0) is 56.3 Å². The number of aromatic nitrogens is 2. The van der Waals surface area contributed by atoms with Gasteiger partial charge in [0.25, 0.3) is 0 Å².